The van der Waals surface area contributed by atoms with Gasteiger partial charge in [0.1, 0.15) is 5.75 Å². The molecule has 0 atom stereocenters. The zero-order valence-electron chi connectivity index (χ0n) is 13.8. The summed E-state index contributed by atoms with van der Waals surface area (Å²) in [6.07, 6.45) is 0. The average Bonchev–Trinajstić information content (AvgIpc) is 2.68. The molecule has 0 bridgehead atoms. The standard InChI is InChI=1S/C22H15ClN2O/c23-19-13-17-11-12-18(26)14-20(17)24-22(19)25-21(15-7-3-1-4-8-15)16-9-5-2-6-10-16/h1-14,26H. The fraction of sp³-hybridized carbons (Fsp3) is 0. The van der Waals surface area contributed by atoms with Gasteiger partial charge in [-0.15, -0.1) is 0 Å². The summed E-state index contributed by atoms with van der Waals surface area (Å²) in [6.45, 7) is 0. The van der Waals surface area contributed by atoms with Gasteiger partial charge in [-0.3, -0.25) is 0 Å². The molecule has 3 aromatic carbocycles. The highest BCUT2D eigenvalue weighted by atomic mass is 35.5. The van der Waals surface area contributed by atoms with Gasteiger partial charge in [-0.05, 0) is 18.2 Å². The average molecular weight is 359 g/mol. The van der Waals surface area contributed by atoms with Gasteiger partial charge in [0.05, 0.1) is 16.3 Å². The first-order valence-corrected chi connectivity index (χ1v) is 8.57. The molecule has 0 aliphatic rings. The van der Waals surface area contributed by atoms with Crippen LogP contribution in [0.2, 0.25) is 5.02 Å². The largest absolute Gasteiger partial charge is 0.508 e. The molecule has 0 aliphatic carbocycles. The number of benzene rings is 3. The van der Waals surface area contributed by atoms with Crippen LogP contribution < -0.4 is 0 Å². The Balaban J connectivity index is 1.92. The lowest BCUT2D eigenvalue weighted by atomic mass is 10.0. The number of pyridine rings is 1. The summed E-state index contributed by atoms with van der Waals surface area (Å²) in [6, 6.07) is 26.7. The van der Waals surface area contributed by atoms with Crippen molar-refractivity contribution in [2.24, 2.45) is 4.99 Å². The molecule has 26 heavy (non-hydrogen) atoms. The lowest BCUT2D eigenvalue weighted by Crippen LogP contribution is -2.03. The van der Waals surface area contributed by atoms with Crippen LogP contribution in [0.5, 0.6) is 5.75 Å². The lowest BCUT2D eigenvalue weighted by molar-refractivity contribution is 0.476. The van der Waals surface area contributed by atoms with Gasteiger partial charge in [0, 0.05) is 22.6 Å². The van der Waals surface area contributed by atoms with Gasteiger partial charge >= 0.3 is 0 Å². The molecule has 1 heterocycles. The monoisotopic (exact) mass is 358 g/mol. The highest BCUT2D eigenvalue weighted by Crippen LogP contribution is 2.30. The first kappa shape index (κ1) is 16.3. The number of aromatic nitrogens is 1. The van der Waals surface area contributed by atoms with Gasteiger partial charge in [0.2, 0.25) is 0 Å². The van der Waals surface area contributed by atoms with Crippen molar-refractivity contribution >= 4 is 34.0 Å². The number of halogens is 1. The molecule has 0 radical (unpaired) electrons. The van der Waals surface area contributed by atoms with E-state index in [1.807, 2.05) is 66.7 Å². The van der Waals surface area contributed by atoms with Crippen LogP contribution in [0.3, 0.4) is 0 Å². The summed E-state index contributed by atoms with van der Waals surface area (Å²) in [4.78, 5) is 9.32. The van der Waals surface area contributed by atoms with Crippen molar-refractivity contribution in [2.75, 3.05) is 0 Å². The van der Waals surface area contributed by atoms with Crippen LogP contribution in [0.15, 0.2) is 89.9 Å². The molecule has 4 aromatic rings. The maximum Gasteiger partial charge on any atom is 0.172 e. The normalized spacial score (nSPS) is 10.7. The molecule has 4 rings (SSSR count). The van der Waals surface area contributed by atoms with Crippen LogP contribution in [0, 0.1) is 0 Å². The Kier molecular flexibility index (Phi) is 4.38. The minimum atomic E-state index is 0.161. The first-order chi connectivity index (χ1) is 12.7. The molecule has 1 aromatic heterocycles. The molecule has 0 unspecified atom stereocenters. The number of aromatic hydroxyl groups is 1. The molecule has 0 amide bonds. The summed E-state index contributed by atoms with van der Waals surface area (Å²) >= 11 is 6.43. The molecule has 3 nitrogen and oxygen atoms in total. The number of phenols is 1. The third-order valence-electron chi connectivity index (χ3n) is 4.05. The van der Waals surface area contributed by atoms with Crippen LogP contribution >= 0.6 is 11.6 Å². The van der Waals surface area contributed by atoms with Crippen molar-refractivity contribution in [3.05, 3.63) is 101 Å². The van der Waals surface area contributed by atoms with E-state index in [9.17, 15) is 5.11 Å². The topological polar surface area (TPSA) is 45.5 Å². The van der Waals surface area contributed by atoms with Crippen molar-refractivity contribution in [2.45, 2.75) is 0 Å². The molecule has 0 saturated carbocycles. The molecular weight excluding hydrogens is 344 g/mol. The van der Waals surface area contributed by atoms with Crippen LogP contribution in [0.25, 0.3) is 10.9 Å². The Bertz CT molecular complexity index is 1050. The summed E-state index contributed by atoms with van der Waals surface area (Å²) in [5.41, 5.74) is 3.40. The van der Waals surface area contributed by atoms with Gasteiger partial charge < -0.3 is 5.11 Å². The third kappa shape index (κ3) is 3.30. The summed E-state index contributed by atoms with van der Waals surface area (Å²) in [5.74, 6) is 0.584. The zero-order chi connectivity index (χ0) is 17.9. The van der Waals surface area contributed by atoms with Gasteiger partial charge in [-0.25, -0.2) is 9.98 Å². The lowest BCUT2D eigenvalue weighted by Gasteiger charge is -2.09. The van der Waals surface area contributed by atoms with E-state index in [1.165, 1.54) is 0 Å². The summed E-state index contributed by atoms with van der Waals surface area (Å²) in [7, 11) is 0. The second-order valence-electron chi connectivity index (χ2n) is 5.86. The van der Waals surface area contributed by atoms with Gasteiger partial charge in [-0.1, -0.05) is 72.3 Å². The van der Waals surface area contributed by atoms with Crippen molar-refractivity contribution in [1.82, 2.24) is 4.98 Å². The van der Waals surface area contributed by atoms with Crippen molar-refractivity contribution in [1.29, 1.82) is 0 Å². The molecule has 1 N–H and O–H groups in total. The Morgan fingerprint density at radius 2 is 1.42 bits per heavy atom. The highest BCUT2D eigenvalue weighted by molar-refractivity contribution is 6.33. The second-order valence-corrected chi connectivity index (χ2v) is 6.27. The van der Waals surface area contributed by atoms with E-state index in [0.29, 0.717) is 16.4 Å². The van der Waals surface area contributed by atoms with Gasteiger partial charge in [0.15, 0.2) is 5.82 Å². The van der Waals surface area contributed by atoms with Crippen LogP contribution in [0.4, 0.5) is 5.82 Å². The van der Waals surface area contributed by atoms with E-state index in [-0.39, 0.29) is 5.75 Å². The quantitative estimate of drug-likeness (QED) is 0.473. The van der Waals surface area contributed by atoms with E-state index in [0.717, 1.165) is 22.2 Å². The number of hydrogen-bond donors (Lipinski definition) is 1. The molecular formula is C22H15ClN2O. The number of rotatable bonds is 3. The predicted octanol–water partition coefficient (Wildman–Crippen LogP) is 5.76. The molecule has 0 fully saturated rings. The van der Waals surface area contributed by atoms with Crippen molar-refractivity contribution in [3.8, 4) is 5.75 Å². The van der Waals surface area contributed by atoms with Gasteiger partial charge in [-0.2, -0.15) is 0 Å². The summed E-state index contributed by atoms with van der Waals surface area (Å²) < 4.78 is 0. The number of fused-ring (bicyclic) bond motifs is 1. The van der Waals surface area contributed by atoms with E-state index < -0.39 is 0 Å². The summed E-state index contributed by atoms with van der Waals surface area (Å²) in [5, 5.41) is 11.0. The number of aliphatic imine (C=N–C) groups is 1. The first-order valence-electron chi connectivity index (χ1n) is 8.19. The molecule has 126 valence electrons. The molecule has 0 aliphatic heterocycles. The van der Waals surface area contributed by atoms with Crippen molar-refractivity contribution < 1.29 is 5.11 Å². The maximum atomic E-state index is 9.72. The number of phenolic OH excluding ortho intramolecular Hbond substituents is 1. The fourth-order valence-corrected chi connectivity index (χ4v) is 2.99. The third-order valence-corrected chi connectivity index (χ3v) is 4.33. The minimum absolute atomic E-state index is 0.161. The fourth-order valence-electron chi connectivity index (χ4n) is 2.79. The highest BCUT2D eigenvalue weighted by Gasteiger charge is 2.10. The minimum Gasteiger partial charge on any atom is -0.508 e. The predicted molar refractivity (Wildman–Crippen MR) is 107 cm³/mol. The van der Waals surface area contributed by atoms with E-state index in [4.69, 9.17) is 16.6 Å². The smallest absolute Gasteiger partial charge is 0.172 e. The Hall–Kier alpha value is -3.17. The maximum absolute atomic E-state index is 9.72. The molecule has 4 heteroatoms. The number of nitrogens with zero attached hydrogens (tertiary/aromatic N) is 2. The molecule has 0 saturated heterocycles. The second kappa shape index (κ2) is 6.98. The van der Waals surface area contributed by atoms with Crippen LogP contribution in [-0.2, 0) is 0 Å². The van der Waals surface area contributed by atoms with Gasteiger partial charge in [0.25, 0.3) is 0 Å². The van der Waals surface area contributed by atoms with E-state index in [1.54, 1.807) is 18.2 Å². The van der Waals surface area contributed by atoms with Crippen LogP contribution in [-0.4, -0.2) is 15.8 Å². The van der Waals surface area contributed by atoms with Crippen molar-refractivity contribution in [3.63, 3.8) is 0 Å². The Labute approximate surface area is 156 Å². The Morgan fingerprint density at radius 1 is 0.808 bits per heavy atom. The SMILES string of the molecule is Oc1ccc2cc(Cl)c(N=C(c3ccccc3)c3ccccc3)nc2c1. The van der Waals surface area contributed by atoms with E-state index >= 15 is 0 Å². The number of hydrogen-bond acceptors (Lipinski definition) is 3. The Morgan fingerprint density at radius 3 is 2.04 bits per heavy atom. The molecule has 0 spiro atoms. The van der Waals surface area contributed by atoms with Crippen LogP contribution in [0.1, 0.15) is 11.1 Å². The zero-order valence-corrected chi connectivity index (χ0v) is 14.6. The van der Waals surface area contributed by atoms with E-state index in [2.05, 4.69) is 4.98 Å².